The molecule has 0 aliphatic carbocycles. The smallest absolute Gasteiger partial charge is 0.291 e. The molecule has 32 heavy (non-hydrogen) atoms. The van der Waals surface area contributed by atoms with Crippen LogP contribution in [0.3, 0.4) is 0 Å². The van der Waals surface area contributed by atoms with E-state index < -0.39 is 0 Å². The molecule has 0 atom stereocenters. The molecule has 1 aliphatic rings. The highest BCUT2D eigenvalue weighted by Gasteiger charge is 2.32. The number of hydrogen-bond donors (Lipinski definition) is 1. The topological polar surface area (TPSA) is 122 Å². The second kappa shape index (κ2) is 9.69. The summed E-state index contributed by atoms with van der Waals surface area (Å²) in [6.07, 6.45) is 4.76. The van der Waals surface area contributed by atoms with Gasteiger partial charge < -0.3 is 9.84 Å². The Bertz CT molecular complexity index is 1110. The predicted molar refractivity (Wildman–Crippen MR) is 116 cm³/mol. The van der Waals surface area contributed by atoms with E-state index in [0.717, 1.165) is 5.56 Å². The van der Waals surface area contributed by atoms with Crippen molar-refractivity contribution in [2.24, 2.45) is 0 Å². The lowest BCUT2D eigenvalue weighted by molar-refractivity contribution is -0.140. The van der Waals surface area contributed by atoms with Gasteiger partial charge in [0.25, 0.3) is 5.91 Å². The van der Waals surface area contributed by atoms with Crippen LogP contribution in [0, 0.1) is 6.92 Å². The first-order chi connectivity index (χ1) is 15.5. The van der Waals surface area contributed by atoms with Gasteiger partial charge in [0.1, 0.15) is 16.5 Å². The molecule has 0 aromatic carbocycles. The van der Waals surface area contributed by atoms with Gasteiger partial charge >= 0.3 is 0 Å². The lowest BCUT2D eigenvalue weighted by Crippen LogP contribution is -2.44. The Kier molecular flexibility index (Phi) is 6.55. The molecule has 3 aromatic heterocycles. The van der Waals surface area contributed by atoms with Crippen molar-refractivity contribution >= 4 is 34.9 Å². The van der Waals surface area contributed by atoms with Crippen LogP contribution >= 0.6 is 11.3 Å². The third-order valence-electron chi connectivity index (χ3n) is 4.88. The molecular formula is C21H22N6O4S. The molecule has 1 fully saturated rings. The third-order valence-corrected chi connectivity index (χ3v) is 5.77. The molecule has 1 aliphatic heterocycles. The second-order valence-electron chi connectivity index (χ2n) is 7.30. The highest BCUT2D eigenvalue weighted by molar-refractivity contribution is 7.13. The predicted octanol–water partition coefficient (Wildman–Crippen LogP) is 2.90. The van der Waals surface area contributed by atoms with E-state index in [-0.39, 0.29) is 30.6 Å². The molecule has 0 spiro atoms. The number of thiazole rings is 1. The number of rotatable bonds is 7. The van der Waals surface area contributed by atoms with Gasteiger partial charge in [-0.15, -0.1) is 11.3 Å². The normalized spacial score (nSPS) is 13.4. The van der Waals surface area contributed by atoms with Crippen molar-refractivity contribution < 1.29 is 18.9 Å². The largest absolute Gasteiger partial charge is 0.360 e. The molecule has 0 unspecified atom stereocenters. The van der Waals surface area contributed by atoms with Crippen LogP contribution < -0.4 is 5.32 Å². The molecule has 3 amide bonds. The Morgan fingerprint density at radius 3 is 2.81 bits per heavy atom. The zero-order chi connectivity index (χ0) is 22.5. The van der Waals surface area contributed by atoms with Gasteiger partial charge in [0, 0.05) is 55.3 Å². The maximum Gasteiger partial charge on any atom is 0.291 e. The van der Waals surface area contributed by atoms with Crippen molar-refractivity contribution in [3.63, 3.8) is 0 Å². The molecule has 0 radical (unpaired) electrons. The zero-order valence-electron chi connectivity index (χ0n) is 17.5. The van der Waals surface area contributed by atoms with Gasteiger partial charge in [-0.25, -0.2) is 9.99 Å². The fourth-order valence-corrected chi connectivity index (χ4v) is 4.15. The monoisotopic (exact) mass is 454 g/mol. The highest BCUT2D eigenvalue weighted by atomic mass is 32.1. The molecule has 11 heteroatoms. The van der Waals surface area contributed by atoms with E-state index in [0.29, 0.717) is 48.2 Å². The van der Waals surface area contributed by atoms with Crippen LogP contribution in [0.25, 0.3) is 10.6 Å². The number of hydrazine groups is 1. The number of aryl methyl sites for hydroxylation is 1. The van der Waals surface area contributed by atoms with Crippen LogP contribution in [-0.2, 0) is 9.59 Å². The van der Waals surface area contributed by atoms with E-state index in [9.17, 15) is 14.4 Å². The minimum Gasteiger partial charge on any atom is -0.360 e. The van der Waals surface area contributed by atoms with Crippen LogP contribution in [0.4, 0.5) is 5.82 Å². The quantitative estimate of drug-likeness (QED) is 0.582. The standard InChI is InChI=1S/C21H22N6O4S/c1-14-11-17(25-31-14)24-18(28)6-2-7-19(29)26-9-4-10-27(26)21(30)16-13-32-20(23-16)15-5-3-8-22-12-15/h3,5,8,11-13H,2,4,6-7,9-10H2,1H3,(H,24,25,28). The SMILES string of the molecule is Cc1cc(NC(=O)CCCC(=O)N2CCCN2C(=O)c2csc(-c3cccnc3)n2)no1. The van der Waals surface area contributed by atoms with Gasteiger partial charge in [0.15, 0.2) is 5.82 Å². The molecule has 1 N–H and O–H groups in total. The number of carbonyl (C=O) groups excluding carboxylic acids is 3. The van der Waals surface area contributed by atoms with Crippen LogP contribution in [0.2, 0.25) is 0 Å². The summed E-state index contributed by atoms with van der Waals surface area (Å²) in [5.74, 6) is 0.210. The summed E-state index contributed by atoms with van der Waals surface area (Å²) in [4.78, 5) is 46.2. The molecule has 0 bridgehead atoms. The summed E-state index contributed by atoms with van der Waals surface area (Å²) < 4.78 is 4.90. The molecule has 4 heterocycles. The van der Waals surface area contributed by atoms with Crippen molar-refractivity contribution in [2.75, 3.05) is 18.4 Å². The summed E-state index contributed by atoms with van der Waals surface area (Å²) >= 11 is 1.36. The Balaban J connectivity index is 1.31. The number of pyridine rings is 1. The fraction of sp³-hybridized carbons (Fsp3) is 0.333. The van der Waals surface area contributed by atoms with Gasteiger partial charge in [-0.1, -0.05) is 5.16 Å². The third kappa shape index (κ3) is 4.99. The van der Waals surface area contributed by atoms with Gasteiger partial charge in [-0.2, -0.15) is 0 Å². The first-order valence-electron chi connectivity index (χ1n) is 10.2. The maximum absolute atomic E-state index is 13.0. The van der Waals surface area contributed by atoms with Crippen molar-refractivity contribution in [1.29, 1.82) is 0 Å². The molecule has 4 rings (SSSR count). The molecule has 1 saturated heterocycles. The van der Waals surface area contributed by atoms with E-state index in [1.807, 2.05) is 12.1 Å². The van der Waals surface area contributed by atoms with Crippen LogP contribution in [0.1, 0.15) is 41.9 Å². The summed E-state index contributed by atoms with van der Waals surface area (Å²) in [5.41, 5.74) is 1.14. The van der Waals surface area contributed by atoms with Gasteiger partial charge in [0.05, 0.1) is 0 Å². The Morgan fingerprint density at radius 2 is 2.06 bits per heavy atom. The van der Waals surface area contributed by atoms with Gasteiger partial charge in [-0.3, -0.25) is 24.4 Å². The number of aromatic nitrogens is 3. The molecule has 3 aromatic rings. The van der Waals surface area contributed by atoms with Crippen LogP contribution in [-0.4, -0.2) is 56.0 Å². The summed E-state index contributed by atoms with van der Waals surface area (Å²) in [7, 11) is 0. The van der Waals surface area contributed by atoms with Gasteiger partial charge in [-0.05, 0) is 31.9 Å². The first kappa shape index (κ1) is 21.6. The first-order valence-corrected chi connectivity index (χ1v) is 11.1. The van der Waals surface area contributed by atoms with E-state index in [2.05, 4.69) is 20.4 Å². The summed E-state index contributed by atoms with van der Waals surface area (Å²) in [5, 5.41) is 11.6. The average molecular weight is 455 g/mol. The van der Waals surface area contributed by atoms with E-state index in [4.69, 9.17) is 4.52 Å². The van der Waals surface area contributed by atoms with E-state index in [1.165, 1.54) is 21.4 Å². The Labute approximate surface area is 188 Å². The van der Waals surface area contributed by atoms with Crippen LogP contribution in [0.15, 0.2) is 40.5 Å². The van der Waals surface area contributed by atoms with Crippen LogP contribution in [0.5, 0.6) is 0 Å². The number of amides is 3. The fourth-order valence-electron chi connectivity index (χ4n) is 3.37. The minimum atomic E-state index is -0.304. The minimum absolute atomic E-state index is 0.160. The zero-order valence-corrected chi connectivity index (χ0v) is 18.3. The van der Waals surface area contributed by atoms with Crippen molar-refractivity contribution in [2.45, 2.75) is 32.6 Å². The number of anilines is 1. The number of nitrogens with one attached hydrogen (secondary N) is 1. The van der Waals surface area contributed by atoms with Crippen molar-refractivity contribution in [3.8, 4) is 10.6 Å². The number of hydrogen-bond acceptors (Lipinski definition) is 8. The summed E-state index contributed by atoms with van der Waals surface area (Å²) in [6.45, 7) is 2.65. The molecule has 166 valence electrons. The maximum atomic E-state index is 13.0. The Hall–Kier alpha value is -3.60. The Morgan fingerprint density at radius 1 is 1.22 bits per heavy atom. The van der Waals surface area contributed by atoms with Crippen molar-refractivity contribution in [1.82, 2.24) is 25.1 Å². The summed E-state index contributed by atoms with van der Waals surface area (Å²) in [6, 6.07) is 5.31. The lowest BCUT2D eigenvalue weighted by atomic mass is 10.2. The average Bonchev–Trinajstić information content (AvgIpc) is 3.55. The molecular weight excluding hydrogens is 432 g/mol. The van der Waals surface area contributed by atoms with Crippen molar-refractivity contribution in [3.05, 3.63) is 47.4 Å². The number of nitrogens with zero attached hydrogens (tertiary/aromatic N) is 5. The van der Waals surface area contributed by atoms with E-state index >= 15 is 0 Å². The van der Waals surface area contributed by atoms with Gasteiger partial charge in [0.2, 0.25) is 11.8 Å². The molecule has 10 nitrogen and oxygen atoms in total. The highest BCUT2D eigenvalue weighted by Crippen LogP contribution is 2.25. The molecule has 0 saturated carbocycles. The second-order valence-corrected chi connectivity index (χ2v) is 8.16. The number of carbonyl (C=O) groups is 3. The lowest BCUT2D eigenvalue weighted by Gasteiger charge is -2.27. The van der Waals surface area contributed by atoms with E-state index in [1.54, 1.807) is 30.8 Å².